The number of thioether (sulfide) groups is 1. The molecule has 7 nitrogen and oxygen atoms in total. The van der Waals surface area contributed by atoms with E-state index < -0.39 is 47.3 Å². The second-order valence-electron chi connectivity index (χ2n) is 7.96. The van der Waals surface area contributed by atoms with Gasteiger partial charge in [-0.05, 0) is 57.7 Å². The Morgan fingerprint density at radius 2 is 2.00 bits per heavy atom. The molecular formula is C19H34ClFN2O5S. The van der Waals surface area contributed by atoms with Gasteiger partial charge in [0, 0.05) is 0 Å². The van der Waals surface area contributed by atoms with Gasteiger partial charge in [0.05, 0.1) is 24.1 Å². The van der Waals surface area contributed by atoms with Crippen molar-refractivity contribution in [3.05, 3.63) is 0 Å². The van der Waals surface area contributed by atoms with Gasteiger partial charge in [0.25, 0.3) is 0 Å². The van der Waals surface area contributed by atoms with Gasteiger partial charge in [-0.3, -0.25) is 9.18 Å². The zero-order chi connectivity index (χ0) is 21.6. The molecule has 0 aromatic heterocycles. The summed E-state index contributed by atoms with van der Waals surface area (Å²) in [6.45, 7) is 2.05. The Morgan fingerprint density at radius 1 is 1.28 bits per heavy atom. The Morgan fingerprint density at radius 3 is 2.62 bits per heavy atom. The van der Waals surface area contributed by atoms with Crippen LogP contribution in [-0.2, 0) is 9.53 Å². The van der Waals surface area contributed by atoms with Crippen LogP contribution in [0.25, 0.3) is 0 Å². The normalized spacial score (nSPS) is 38.1. The minimum atomic E-state index is -1.40. The van der Waals surface area contributed by atoms with Crippen LogP contribution in [0.1, 0.15) is 39.0 Å². The smallest absolute Gasteiger partial charge is 0.237 e. The van der Waals surface area contributed by atoms with Crippen molar-refractivity contribution in [3.8, 4) is 0 Å². The Bertz CT molecular complexity index is 519. The summed E-state index contributed by atoms with van der Waals surface area (Å²) in [5, 5.41) is 36.2. The zero-order valence-electron chi connectivity index (χ0n) is 17.0. The lowest BCUT2D eigenvalue weighted by atomic mass is 9.92. The molecule has 9 atom stereocenters. The summed E-state index contributed by atoms with van der Waals surface area (Å²) >= 11 is 7.51. The van der Waals surface area contributed by atoms with E-state index in [0.717, 1.165) is 19.3 Å². The molecule has 1 unspecified atom stereocenters. The molecule has 0 saturated carbocycles. The van der Waals surface area contributed by atoms with Crippen LogP contribution in [0.3, 0.4) is 0 Å². The van der Waals surface area contributed by atoms with Gasteiger partial charge in [-0.2, -0.15) is 0 Å². The third-order valence-electron chi connectivity index (χ3n) is 5.87. The number of rotatable bonds is 8. The lowest BCUT2D eigenvalue weighted by Gasteiger charge is -2.44. The molecule has 2 aliphatic rings. The lowest BCUT2D eigenvalue weighted by molar-refractivity contribution is -0.205. The number of hydrogen-bond acceptors (Lipinski definition) is 7. The number of halogens is 2. The van der Waals surface area contributed by atoms with Gasteiger partial charge in [0.2, 0.25) is 5.91 Å². The van der Waals surface area contributed by atoms with E-state index in [-0.39, 0.29) is 12.6 Å². The van der Waals surface area contributed by atoms with Crippen molar-refractivity contribution < 1.29 is 29.2 Å². The first-order valence-electron chi connectivity index (χ1n) is 10.3. The maximum Gasteiger partial charge on any atom is 0.237 e. The number of carbonyl (C=O) groups is 1. The fraction of sp³-hybridized carbons (Fsp3) is 0.947. The van der Waals surface area contributed by atoms with E-state index in [9.17, 15) is 24.5 Å². The molecule has 0 radical (unpaired) electrons. The van der Waals surface area contributed by atoms with Crippen molar-refractivity contribution in [2.24, 2.45) is 5.92 Å². The Balaban J connectivity index is 2.01. The summed E-state index contributed by atoms with van der Waals surface area (Å²) < 4.78 is 18.2. The molecule has 0 spiro atoms. The van der Waals surface area contributed by atoms with Gasteiger partial charge in [-0.25, -0.2) is 0 Å². The van der Waals surface area contributed by atoms with E-state index in [1.807, 2.05) is 0 Å². The molecule has 0 aromatic carbocycles. The fourth-order valence-electron chi connectivity index (χ4n) is 4.08. The molecule has 2 rings (SSSR count). The number of carbonyl (C=O) groups excluding carboxylic acids is 1. The highest BCUT2D eigenvalue weighted by molar-refractivity contribution is 7.99. The van der Waals surface area contributed by atoms with E-state index in [1.54, 1.807) is 13.2 Å². The van der Waals surface area contributed by atoms with Gasteiger partial charge in [0.15, 0.2) is 0 Å². The summed E-state index contributed by atoms with van der Waals surface area (Å²) in [6.07, 6.45) is 0.517. The molecule has 0 aliphatic carbocycles. The van der Waals surface area contributed by atoms with Crippen molar-refractivity contribution in [3.63, 3.8) is 0 Å². The minimum absolute atomic E-state index is 0.245. The van der Waals surface area contributed by atoms with Crippen LogP contribution in [-0.4, -0.2) is 88.0 Å². The number of hydrogen-bond donors (Lipinski definition) is 5. The first-order valence-corrected chi connectivity index (χ1v) is 12.0. The number of nitrogens with one attached hydrogen (secondary N) is 2. The van der Waals surface area contributed by atoms with Crippen molar-refractivity contribution in [1.29, 1.82) is 0 Å². The molecule has 29 heavy (non-hydrogen) atoms. The number of aliphatic hydroxyl groups excluding tert-OH is 3. The maximum absolute atomic E-state index is 12.9. The number of amides is 1. The van der Waals surface area contributed by atoms with Crippen molar-refractivity contribution >= 4 is 29.3 Å². The van der Waals surface area contributed by atoms with E-state index in [1.165, 1.54) is 11.8 Å². The summed E-state index contributed by atoms with van der Waals surface area (Å²) in [7, 11) is 0. The monoisotopic (exact) mass is 456 g/mol. The Hall–Kier alpha value is -0.160. The second kappa shape index (κ2) is 12.0. The van der Waals surface area contributed by atoms with Crippen LogP contribution in [0.5, 0.6) is 0 Å². The van der Waals surface area contributed by atoms with Gasteiger partial charge in [0.1, 0.15) is 29.9 Å². The van der Waals surface area contributed by atoms with Gasteiger partial charge < -0.3 is 30.7 Å². The predicted octanol–water partition coefficient (Wildman–Crippen LogP) is 0.777. The second-order valence-corrected chi connectivity index (χ2v) is 9.58. The Labute approximate surface area is 181 Å². The van der Waals surface area contributed by atoms with Crippen LogP contribution < -0.4 is 10.6 Å². The molecule has 2 heterocycles. The number of ether oxygens (including phenoxy) is 1. The Kier molecular flexibility index (Phi) is 10.4. The predicted molar refractivity (Wildman–Crippen MR) is 112 cm³/mol. The molecular weight excluding hydrogens is 423 g/mol. The standard InChI is InChI=1S/C19H34ClFN2O5S/c1-10(20)13(17-15(25)14(24)16(26)19(28-17)29-2)23-18(27)12-6-5-11(4-3-8-21)7-9-22-12/h10-17,19,22,24-26H,3-9H2,1-2H3,(H,23,27)/t10-,11-,12-,13?,14-,15+,16+,17+,19+/m0/s1. The number of alkyl halides is 2. The average Bonchev–Trinajstić information content (AvgIpc) is 2.95. The van der Waals surface area contributed by atoms with Crippen LogP contribution in [0.2, 0.25) is 0 Å². The first kappa shape index (κ1) is 25.1. The third kappa shape index (κ3) is 6.66. The van der Waals surface area contributed by atoms with E-state index in [4.69, 9.17) is 16.3 Å². The highest BCUT2D eigenvalue weighted by Crippen LogP contribution is 2.30. The molecule has 2 aliphatic heterocycles. The summed E-state index contributed by atoms with van der Waals surface area (Å²) in [4.78, 5) is 12.9. The molecule has 5 N–H and O–H groups in total. The molecule has 170 valence electrons. The van der Waals surface area contributed by atoms with Gasteiger partial charge >= 0.3 is 0 Å². The van der Waals surface area contributed by atoms with E-state index in [2.05, 4.69) is 10.6 Å². The highest BCUT2D eigenvalue weighted by Gasteiger charge is 2.48. The fourth-order valence-corrected chi connectivity index (χ4v) is 4.96. The van der Waals surface area contributed by atoms with Crippen LogP contribution in [0, 0.1) is 5.92 Å². The summed E-state index contributed by atoms with van der Waals surface area (Å²) in [5.41, 5.74) is -0.736. The topological polar surface area (TPSA) is 111 Å². The summed E-state index contributed by atoms with van der Waals surface area (Å²) in [6, 6.07) is -1.15. The largest absolute Gasteiger partial charge is 0.388 e. The molecule has 0 bridgehead atoms. The van der Waals surface area contributed by atoms with Crippen molar-refractivity contribution in [2.45, 2.75) is 86.3 Å². The number of aliphatic hydroxyl groups is 3. The summed E-state index contributed by atoms with van der Waals surface area (Å²) in [5.74, 6) is 0.159. The SMILES string of the molecule is CS[C@H]1O[C@H](C(NC(=O)[C@@H]2CC[C@H](CCCF)CCN2)[C@H](C)Cl)[C@H](O)[C@H](O)[C@H]1O. The van der Waals surface area contributed by atoms with Gasteiger partial charge in [-0.15, -0.1) is 23.4 Å². The van der Waals surface area contributed by atoms with E-state index >= 15 is 0 Å². The quantitative estimate of drug-likeness (QED) is 0.343. The maximum atomic E-state index is 12.9. The van der Waals surface area contributed by atoms with E-state index in [0.29, 0.717) is 25.3 Å². The highest BCUT2D eigenvalue weighted by atomic mass is 35.5. The molecule has 2 saturated heterocycles. The van der Waals surface area contributed by atoms with Crippen molar-refractivity contribution in [1.82, 2.24) is 10.6 Å². The molecule has 0 aromatic rings. The van der Waals surface area contributed by atoms with Gasteiger partial charge in [-0.1, -0.05) is 0 Å². The molecule has 1 amide bonds. The van der Waals surface area contributed by atoms with Crippen LogP contribution >= 0.6 is 23.4 Å². The molecule has 2 fully saturated rings. The molecule has 10 heteroatoms. The van der Waals surface area contributed by atoms with Crippen LogP contribution in [0.15, 0.2) is 0 Å². The zero-order valence-corrected chi connectivity index (χ0v) is 18.5. The van der Waals surface area contributed by atoms with Crippen LogP contribution in [0.4, 0.5) is 4.39 Å². The minimum Gasteiger partial charge on any atom is -0.388 e. The lowest BCUT2D eigenvalue weighted by Crippen LogP contribution is -2.65. The first-order chi connectivity index (χ1) is 13.8. The van der Waals surface area contributed by atoms with Crippen molar-refractivity contribution in [2.75, 3.05) is 19.5 Å². The third-order valence-corrected chi connectivity index (χ3v) is 6.99. The average molecular weight is 457 g/mol.